The first-order chi connectivity index (χ1) is 38.8. The molecular weight excluding hydrogens is 983 g/mol. The molecule has 1 rings (SSSR count). The van der Waals surface area contributed by atoms with Crippen LogP contribution in [-0.2, 0) is 14.3 Å². The number of allylic oxidation sites excluding steroid dienone is 9. The number of carbonyl (C=O) groups excluding carboxylic acids is 1. The highest BCUT2D eigenvalue weighted by atomic mass is 16.7. The zero-order valence-corrected chi connectivity index (χ0v) is 51.6. The van der Waals surface area contributed by atoms with Crippen molar-refractivity contribution in [3.63, 3.8) is 0 Å². The molecule has 1 fully saturated rings. The Labute approximate surface area is 487 Å². The molecule has 1 aliphatic rings. The molecular formula is C70H129NO8. The molecule has 7 atom stereocenters. The van der Waals surface area contributed by atoms with E-state index in [4.69, 9.17) is 9.47 Å². The van der Waals surface area contributed by atoms with Crippen LogP contribution in [0.15, 0.2) is 60.8 Å². The molecule has 1 saturated heterocycles. The Morgan fingerprint density at radius 3 is 1.14 bits per heavy atom. The molecule has 9 heteroatoms. The van der Waals surface area contributed by atoms with Gasteiger partial charge < -0.3 is 40.3 Å². The number of hydrogen-bond donors (Lipinski definition) is 6. The minimum absolute atomic E-state index is 0.187. The van der Waals surface area contributed by atoms with Gasteiger partial charge in [-0.2, -0.15) is 0 Å². The molecule has 6 N–H and O–H groups in total. The lowest BCUT2D eigenvalue weighted by Gasteiger charge is -2.40. The summed E-state index contributed by atoms with van der Waals surface area (Å²) < 4.78 is 11.3. The summed E-state index contributed by atoms with van der Waals surface area (Å²) in [6.45, 7) is 3.79. The van der Waals surface area contributed by atoms with Gasteiger partial charge in [0.1, 0.15) is 24.4 Å². The number of rotatable bonds is 59. The molecule has 0 aromatic rings. The third-order valence-electron chi connectivity index (χ3n) is 16.0. The summed E-state index contributed by atoms with van der Waals surface area (Å²) in [6, 6.07) is -0.830. The largest absolute Gasteiger partial charge is 0.394 e. The zero-order valence-electron chi connectivity index (χ0n) is 51.6. The van der Waals surface area contributed by atoms with Crippen LogP contribution in [0, 0.1) is 0 Å². The van der Waals surface area contributed by atoms with E-state index in [0.717, 1.165) is 51.4 Å². The second-order valence-electron chi connectivity index (χ2n) is 23.6. The highest BCUT2D eigenvalue weighted by Gasteiger charge is 2.44. The molecule has 9 nitrogen and oxygen atoms in total. The number of ether oxygens (including phenoxy) is 2. The van der Waals surface area contributed by atoms with E-state index in [1.165, 1.54) is 250 Å². The first-order valence-electron chi connectivity index (χ1n) is 34.0. The molecule has 0 saturated carbocycles. The van der Waals surface area contributed by atoms with E-state index in [2.05, 4.69) is 67.8 Å². The number of aliphatic hydroxyl groups excluding tert-OH is 5. The van der Waals surface area contributed by atoms with Gasteiger partial charge >= 0.3 is 0 Å². The van der Waals surface area contributed by atoms with E-state index in [1.807, 2.05) is 6.08 Å². The molecule has 0 radical (unpaired) electrons. The Morgan fingerprint density at radius 1 is 0.430 bits per heavy atom. The van der Waals surface area contributed by atoms with Crippen molar-refractivity contribution in [2.45, 2.75) is 365 Å². The quantitative estimate of drug-likeness (QED) is 0.0261. The summed E-state index contributed by atoms with van der Waals surface area (Å²) in [5.74, 6) is -0.187. The fraction of sp³-hybridized carbons (Fsp3) is 0.843. The Morgan fingerprint density at radius 2 is 0.759 bits per heavy atom. The zero-order chi connectivity index (χ0) is 57.2. The molecule has 7 unspecified atom stereocenters. The van der Waals surface area contributed by atoms with Gasteiger partial charge in [-0.3, -0.25) is 4.79 Å². The van der Waals surface area contributed by atoms with Gasteiger partial charge in [0.05, 0.1) is 25.4 Å². The molecule has 0 bridgehead atoms. The maximum atomic E-state index is 13.1. The van der Waals surface area contributed by atoms with E-state index >= 15 is 0 Å². The summed E-state index contributed by atoms with van der Waals surface area (Å²) in [5.41, 5.74) is 0. The number of carbonyl (C=O) groups is 1. The van der Waals surface area contributed by atoms with Crippen molar-refractivity contribution in [1.29, 1.82) is 0 Å². The fourth-order valence-electron chi connectivity index (χ4n) is 10.7. The van der Waals surface area contributed by atoms with Crippen LogP contribution in [0.4, 0.5) is 0 Å². The van der Waals surface area contributed by atoms with Crippen LogP contribution < -0.4 is 5.32 Å². The summed E-state index contributed by atoms with van der Waals surface area (Å²) in [6.07, 6.45) is 74.7. The normalized spacial score (nSPS) is 18.9. The first kappa shape index (κ1) is 74.9. The van der Waals surface area contributed by atoms with Crippen molar-refractivity contribution in [3.05, 3.63) is 60.8 Å². The Balaban J connectivity index is 2.14. The van der Waals surface area contributed by atoms with Crippen molar-refractivity contribution in [3.8, 4) is 0 Å². The van der Waals surface area contributed by atoms with Gasteiger partial charge in [0, 0.05) is 6.42 Å². The number of hydrogen-bond acceptors (Lipinski definition) is 8. The maximum Gasteiger partial charge on any atom is 0.220 e. The van der Waals surface area contributed by atoms with Crippen LogP contribution in [0.1, 0.15) is 322 Å². The first-order valence-corrected chi connectivity index (χ1v) is 34.0. The number of amides is 1. The molecule has 1 aliphatic heterocycles. The van der Waals surface area contributed by atoms with Crippen LogP contribution in [0.3, 0.4) is 0 Å². The predicted octanol–water partition coefficient (Wildman–Crippen LogP) is 18.2. The van der Waals surface area contributed by atoms with Crippen molar-refractivity contribution in [2.75, 3.05) is 13.2 Å². The van der Waals surface area contributed by atoms with E-state index in [-0.39, 0.29) is 12.5 Å². The second-order valence-corrected chi connectivity index (χ2v) is 23.6. The van der Waals surface area contributed by atoms with Crippen LogP contribution in [-0.4, -0.2) is 87.5 Å². The summed E-state index contributed by atoms with van der Waals surface area (Å²) in [4.78, 5) is 13.1. The van der Waals surface area contributed by atoms with Gasteiger partial charge in [-0.15, -0.1) is 0 Å². The molecule has 0 aliphatic carbocycles. The lowest BCUT2D eigenvalue weighted by atomic mass is 9.99. The van der Waals surface area contributed by atoms with Crippen molar-refractivity contribution < 1.29 is 39.8 Å². The van der Waals surface area contributed by atoms with E-state index in [9.17, 15) is 30.3 Å². The van der Waals surface area contributed by atoms with Crippen molar-refractivity contribution in [2.24, 2.45) is 0 Å². The minimum atomic E-state index is -1.58. The SMILES string of the molecule is CCCCCCCCCCCCC/C=C\C/C=C\CCCCCCCCCCCCCCCCCCCC(=O)NC(COC1OC(CO)C(O)C(O)C1O)C(O)/C=C/CC/C=C/CC/C=C/CCCCCCCCCCCCC. The highest BCUT2D eigenvalue weighted by molar-refractivity contribution is 5.76. The topological polar surface area (TPSA) is 149 Å². The number of nitrogens with one attached hydrogen (secondary N) is 1. The van der Waals surface area contributed by atoms with Gasteiger partial charge in [-0.05, 0) is 77.0 Å². The van der Waals surface area contributed by atoms with Gasteiger partial charge in [0.15, 0.2) is 6.29 Å². The Kier molecular flexibility index (Phi) is 56.0. The molecule has 1 heterocycles. The Bertz CT molecular complexity index is 1430. The molecule has 0 aromatic heterocycles. The molecule has 79 heavy (non-hydrogen) atoms. The third kappa shape index (κ3) is 48.0. The smallest absolute Gasteiger partial charge is 0.220 e. The summed E-state index contributed by atoms with van der Waals surface area (Å²) in [7, 11) is 0. The lowest BCUT2D eigenvalue weighted by molar-refractivity contribution is -0.302. The van der Waals surface area contributed by atoms with Gasteiger partial charge in [-0.25, -0.2) is 0 Å². The van der Waals surface area contributed by atoms with Gasteiger partial charge in [0.2, 0.25) is 5.91 Å². The highest BCUT2D eigenvalue weighted by Crippen LogP contribution is 2.23. The van der Waals surface area contributed by atoms with Gasteiger partial charge in [-0.1, -0.05) is 299 Å². The average molecular weight is 1110 g/mol. The molecule has 0 aromatic carbocycles. The lowest BCUT2D eigenvalue weighted by Crippen LogP contribution is -2.60. The second kappa shape index (κ2) is 59.1. The molecule has 462 valence electrons. The van der Waals surface area contributed by atoms with E-state index in [0.29, 0.717) is 6.42 Å². The third-order valence-corrected chi connectivity index (χ3v) is 16.0. The summed E-state index contributed by atoms with van der Waals surface area (Å²) >= 11 is 0. The van der Waals surface area contributed by atoms with E-state index in [1.54, 1.807) is 6.08 Å². The maximum absolute atomic E-state index is 13.1. The minimum Gasteiger partial charge on any atom is -0.394 e. The molecule has 1 amide bonds. The number of unbranched alkanes of at least 4 members (excludes halogenated alkanes) is 41. The summed E-state index contributed by atoms with van der Waals surface area (Å²) in [5, 5.41) is 54.6. The van der Waals surface area contributed by atoms with Crippen LogP contribution in [0.5, 0.6) is 0 Å². The molecule has 0 spiro atoms. The number of aliphatic hydroxyl groups is 5. The van der Waals surface area contributed by atoms with Crippen molar-refractivity contribution >= 4 is 5.91 Å². The van der Waals surface area contributed by atoms with Crippen LogP contribution >= 0.6 is 0 Å². The van der Waals surface area contributed by atoms with Crippen LogP contribution in [0.2, 0.25) is 0 Å². The average Bonchev–Trinajstić information content (AvgIpc) is 3.47. The standard InChI is InChI=1S/C70H129NO8/c1-3-5-7-9-11-13-15-17-19-21-23-25-26-27-28-29-30-31-32-33-34-35-36-37-38-40-42-44-46-48-50-52-54-56-58-60-66(74)71-63(62-78-70-69(77)68(76)67(75)65(61-72)79-70)64(73)59-57-55-53-51-49-47-45-43-41-39-24-22-20-18-16-14-12-10-8-6-4-2/h26-27,29-30,41,43,49,51,57,59,63-65,67-70,72-73,75-77H,3-25,28,31-40,42,44-48,50,52-56,58,60-62H2,1-2H3,(H,71,74)/b27-26-,30-29-,43-41+,51-49+,59-57+. The predicted molar refractivity (Wildman–Crippen MR) is 336 cm³/mol. The van der Waals surface area contributed by atoms with Crippen LogP contribution in [0.25, 0.3) is 0 Å². The van der Waals surface area contributed by atoms with Crippen molar-refractivity contribution in [1.82, 2.24) is 5.32 Å². The van der Waals surface area contributed by atoms with Gasteiger partial charge in [0.25, 0.3) is 0 Å². The van der Waals surface area contributed by atoms with E-state index < -0.39 is 49.5 Å². The Hall–Kier alpha value is -2.11. The fourth-order valence-corrected chi connectivity index (χ4v) is 10.7. The monoisotopic (exact) mass is 1110 g/mol.